The highest BCUT2D eigenvalue weighted by Gasteiger charge is 2.31. The Morgan fingerprint density at radius 3 is 2.47 bits per heavy atom. The third kappa shape index (κ3) is 3.86. The highest BCUT2D eigenvalue weighted by molar-refractivity contribution is 7.78. The fraction of sp³-hybridized carbons (Fsp3) is 0.462. The maximum Gasteiger partial charge on any atom is 0.416 e. The lowest BCUT2D eigenvalue weighted by Crippen LogP contribution is -2.18. The van der Waals surface area contributed by atoms with Crippen molar-refractivity contribution in [1.29, 1.82) is 0 Å². The smallest absolute Gasteiger partial charge is 0.299 e. The SMILES string of the molecule is FC(F)(F)c1cc(CN2CCCC2)cc(N=C=S)c1. The lowest BCUT2D eigenvalue weighted by Gasteiger charge is -2.16. The molecule has 0 aliphatic carbocycles. The summed E-state index contributed by atoms with van der Waals surface area (Å²) >= 11 is 4.45. The van der Waals surface area contributed by atoms with Crippen LogP contribution in [0.5, 0.6) is 0 Å². The molecule has 0 aromatic heterocycles. The predicted molar refractivity (Wildman–Crippen MR) is 70.6 cm³/mol. The molecule has 102 valence electrons. The Bertz CT molecular complexity index is 501. The van der Waals surface area contributed by atoms with Crippen LogP contribution in [0.4, 0.5) is 18.9 Å². The minimum atomic E-state index is -4.37. The Morgan fingerprint density at radius 2 is 1.89 bits per heavy atom. The topological polar surface area (TPSA) is 15.6 Å². The summed E-state index contributed by atoms with van der Waals surface area (Å²) in [4.78, 5) is 5.80. The maximum absolute atomic E-state index is 12.8. The quantitative estimate of drug-likeness (QED) is 0.615. The van der Waals surface area contributed by atoms with E-state index in [1.807, 2.05) is 0 Å². The van der Waals surface area contributed by atoms with Crippen molar-refractivity contribution < 1.29 is 13.2 Å². The molecule has 0 spiro atoms. The third-order valence-corrected chi connectivity index (χ3v) is 3.18. The zero-order chi connectivity index (χ0) is 13.9. The van der Waals surface area contributed by atoms with Gasteiger partial charge in [0, 0.05) is 6.54 Å². The number of isothiocyanates is 1. The van der Waals surface area contributed by atoms with E-state index in [-0.39, 0.29) is 5.69 Å². The van der Waals surface area contributed by atoms with Gasteiger partial charge in [-0.15, -0.1) is 0 Å². The molecule has 0 N–H and O–H groups in total. The van der Waals surface area contributed by atoms with E-state index in [2.05, 4.69) is 27.3 Å². The first-order valence-corrected chi connectivity index (χ1v) is 6.41. The van der Waals surface area contributed by atoms with E-state index in [0.717, 1.165) is 32.0 Å². The van der Waals surface area contributed by atoms with Crippen LogP contribution in [-0.4, -0.2) is 23.2 Å². The first-order valence-electron chi connectivity index (χ1n) is 6.00. The fourth-order valence-corrected chi connectivity index (χ4v) is 2.35. The molecule has 0 atom stereocenters. The van der Waals surface area contributed by atoms with Gasteiger partial charge in [-0.25, -0.2) is 0 Å². The summed E-state index contributed by atoms with van der Waals surface area (Å²) in [7, 11) is 0. The van der Waals surface area contributed by atoms with Gasteiger partial charge in [0.1, 0.15) is 0 Å². The lowest BCUT2D eigenvalue weighted by molar-refractivity contribution is -0.137. The van der Waals surface area contributed by atoms with E-state index in [1.54, 1.807) is 6.07 Å². The van der Waals surface area contributed by atoms with Crippen LogP contribution in [0.15, 0.2) is 23.2 Å². The second-order valence-electron chi connectivity index (χ2n) is 4.57. The van der Waals surface area contributed by atoms with E-state index >= 15 is 0 Å². The van der Waals surface area contributed by atoms with Crippen LogP contribution < -0.4 is 0 Å². The number of likely N-dealkylation sites (tertiary alicyclic amines) is 1. The van der Waals surface area contributed by atoms with Gasteiger partial charge in [0.25, 0.3) is 0 Å². The molecule has 1 fully saturated rings. The Kier molecular flexibility index (Phi) is 4.34. The minimum Gasteiger partial charge on any atom is -0.299 e. The van der Waals surface area contributed by atoms with E-state index in [4.69, 9.17) is 0 Å². The zero-order valence-corrected chi connectivity index (χ0v) is 11.0. The Hall–Kier alpha value is -1.23. The van der Waals surface area contributed by atoms with Gasteiger partial charge in [-0.05, 0) is 61.9 Å². The number of hydrogen-bond donors (Lipinski definition) is 0. The molecule has 6 heteroatoms. The predicted octanol–water partition coefficient (Wildman–Crippen LogP) is 4.04. The van der Waals surface area contributed by atoms with Crippen LogP contribution in [-0.2, 0) is 12.7 Å². The number of rotatable bonds is 3. The molecular formula is C13H13F3N2S. The first kappa shape index (κ1) is 14.2. The van der Waals surface area contributed by atoms with Crippen molar-refractivity contribution in [3.05, 3.63) is 29.3 Å². The van der Waals surface area contributed by atoms with E-state index in [9.17, 15) is 13.2 Å². The average Bonchev–Trinajstić information content (AvgIpc) is 2.81. The first-order chi connectivity index (χ1) is 8.99. The Balaban J connectivity index is 2.30. The second kappa shape index (κ2) is 5.82. The molecule has 2 nitrogen and oxygen atoms in total. The summed E-state index contributed by atoms with van der Waals surface area (Å²) in [6.45, 7) is 2.38. The van der Waals surface area contributed by atoms with Gasteiger partial charge in [-0.3, -0.25) is 4.90 Å². The lowest BCUT2D eigenvalue weighted by atomic mass is 10.1. The molecule has 1 aromatic carbocycles. The molecule has 0 saturated carbocycles. The molecule has 1 heterocycles. The summed E-state index contributed by atoms with van der Waals surface area (Å²) in [5.41, 5.74) is 0.132. The van der Waals surface area contributed by atoms with Gasteiger partial charge in [0.05, 0.1) is 16.4 Å². The summed E-state index contributed by atoms with van der Waals surface area (Å²) in [5, 5.41) is 2.11. The number of nitrogens with zero attached hydrogens (tertiary/aromatic N) is 2. The van der Waals surface area contributed by atoms with Crippen LogP contribution in [0.3, 0.4) is 0 Å². The van der Waals surface area contributed by atoms with Crippen molar-refractivity contribution in [3.63, 3.8) is 0 Å². The molecule has 0 bridgehead atoms. The third-order valence-electron chi connectivity index (χ3n) is 3.08. The van der Waals surface area contributed by atoms with Gasteiger partial charge in [0.15, 0.2) is 0 Å². The number of halogens is 3. The normalized spacial score (nSPS) is 16.4. The van der Waals surface area contributed by atoms with Crippen molar-refractivity contribution in [2.75, 3.05) is 13.1 Å². The van der Waals surface area contributed by atoms with Gasteiger partial charge in [-0.2, -0.15) is 18.2 Å². The molecule has 1 aliphatic rings. The van der Waals surface area contributed by atoms with Gasteiger partial charge < -0.3 is 0 Å². The maximum atomic E-state index is 12.8. The molecule has 1 saturated heterocycles. The molecule has 19 heavy (non-hydrogen) atoms. The van der Waals surface area contributed by atoms with Crippen molar-refractivity contribution in [2.45, 2.75) is 25.6 Å². The van der Waals surface area contributed by atoms with Crippen LogP contribution in [0.1, 0.15) is 24.0 Å². The number of hydrogen-bond acceptors (Lipinski definition) is 3. The van der Waals surface area contributed by atoms with Crippen molar-refractivity contribution in [1.82, 2.24) is 4.90 Å². The second-order valence-corrected chi connectivity index (χ2v) is 4.75. The molecule has 1 aromatic rings. The number of thiocarbonyl (C=S) groups is 1. The minimum absolute atomic E-state index is 0.207. The van der Waals surface area contributed by atoms with Crippen molar-refractivity contribution in [2.24, 2.45) is 4.99 Å². The van der Waals surface area contributed by atoms with Crippen molar-refractivity contribution >= 4 is 23.1 Å². The van der Waals surface area contributed by atoms with Gasteiger partial charge in [-0.1, -0.05) is 0 Å². The van der Waals surface area contributed by atoms with E-state index in [1.165, 1.54) is 6.07 Å². The summed E-state index contributed by atoms with van der Waals surface area (Å²) in [6, 6.07) is 3.81. The largest absolute Gasteiger partial charge is 0.416 e. The highest BCUT2D eigenvalue weighted by Crippen LogP contribution is 2.33. The highest BCUT2D eigenvalue weighted by atomic mass is 32.1. The van der Waals surface area contributed by atoms with Gasteiger partial charge in [0.2, 0.25) is 0 Å². The molecule has 0 unspecified atom stereocenters. The zero-order valence-electron chi connectivity index (χ0n) is 10.2. The monoisotopic (exact) mass is 286 g/mol. The van der Waals surface area contributed by atoms with Crippen LogP contribution in [0, 0.1) is 0 Å². The Labute approximate surface area is 114 Å². The van der Waals surface area contributed by atoms with E-state index in [0.29, 0.717) is 12.1 Å². The molecule has 0 radical (unpaired) electrons. The number of alkyl halides is 3. The summed E-state index contributed by atoms with van der Waals surface area (Å²) in [5.74, 6) is 0. The molecule has 2 rings (SSSR count). The van der Waals surface area contributed by atoms with Crippen LogP contribution >= 0.6 is 12.2 Å². The molecular weight excluding hydrogens is 273 g/mol. The molecule has 1 aliphatic heterocycles. The standard InChI is InChI=1S/C13H13F3N2S/c14-13(15,16)11-5-10(6-12(7-11)17-9-19)8-18-3-1-2-4-18/h5-7H,1-4,8H2. The summed E-state index contributed by atoms with van der Waals surface area (Å²) < 4.78 is 38.4. The van der Waals surface area contributed by atoms with E-state index < -0.39 is 11.7 Å². The summed E-state index contributed by atoms with van der Waals surface area (Å²) in [6.07, 6.45) is -2.17. The number of benzene rings is 1. The van der Waals surface area contributed by atoms with Crippen molar-refractivity contribution in [3.8, 4) is 0 Å². The number of aliphatic imine (C=N–C) groups is 1. The van der Waals surface area contributed by atoms with Crippen LogP contribution in [0.25, 0.3) is 0 Å². The van der Waals surface area contributed by atoms with Gasteiger partial charge >= 0.3 is 6.18 Å². The Morgan fingerprint density at radius 1 is 1.21 bits per heavy atom. The fourth-order valence-electron chi connectivity index (χ4n) is 2.25. The molecule has 0 amide bonds. The average molecular weight is 286 g/mol. The van der Waals surface area contributed by atoms with Crippen LogP contribution in [0.2, 0.25) is 0 Å².